The number of hydrogen-bond acceptors (Lipinski definition) is 2. The van der Waals surface area contributed by atoms with E-state index in [0.29, 0.717) is 0 Å². The van der Waals surface area contributed by atoms with Crippen molar-refractivity contribution in [3.05, 3.63) is 63.7 Å². The molecule has 0 unspecified atom stereocenters. The standard InChI is InChI=1S/C14H9Br2N3/c15-11-5-3-4-10(8-11)13-9-19(18-17-13)14-7-2-1-6-12(14)16/h1-9H. The normalized spacial score (nSPS) is 10.6. The molecule has 0 aliphatic carbocycles. The summed E-state index contributed by atoms with van der Waals surface area (Å²) in [5.74, 6) is 0. The summed E-state index contributed by atoms with van der Waals surface area (Å²) in [6.07, 6.45) is 1.92. The summed E-state index contributed by atoms with van der Waals surface area (Å²) < 4.78 is 3.78. The zero-order valence-corrected chi connectivity index (χ0v) is 13.0. The van der Waals surface area contributed by atoms with Gasteiger partial charge < -0.3 is 0 Å². The van der Waals surface area contributed by atoms with Crippen LogP contribution in [0.15, 0.2) is 63.7 Å². The first-order valence-electron chi connectivity index (χ1n) is 5.67. The van der Waals surface area contributed by atoms with Gasteiger partial charge >= 0.3 is 0 Å². The average molecular weight is 379 g/mol. The second-order valence-electron chi connectivity index (χ2n) is 4.01. The van der Waals surface area contributed by atoms with Crippen molar-refractivity contribution in [2.24, 2.45) is 0 Å². The minimum atomic E-state index is 0.844. The highest BCUT2D eigenvalue weighted by Crippen LogP contribution is 2.24. The van der Waals surface area contributed by atoms with Crippen molar-refractivity contribution in [3.63, 3.8) is 0 Å². The molecule has 19 heavy (non-hydrogen) atoms. The van der Waals surface area contributed by atoms with Crippen LogP contribution in [0.2, 0.25) is 0 Å². The summed E-state index contributed by atoms with van der Waals surface area (Å²) in [4.78, 5) is 0. The summed E-state index contributed by atoms with van der Waals surface area (Å²) in [5, 5.41) is 8.39. The molecule has 0 atom stereocenters. The first kappa shape index (κ1) is 12.6. The molecule has 0 radical (unpaired) electrons. The molecule has 94 valence electrons. The van der Waals surface area contributed by atoms with Crippen molar-refractivity contribution in [2.75, 3.05) is 0 Å². The van der Waals surface area contributed by atoms with Gasteiger partial charge in [-0.05, 0) is 40.2 Å². The van der Waals surface area contributed by atoms with E-state index in [2.05, 4.69) is 42.2 Å². The molecule has 5 heteroatoms. The molecule has 0 bridgehead atoms. The molecular weight excluding hydrogens is 370 g/mol. The van der Waals surface area contributed by atoms with Crippen molar-refractivity contribution in [1.82, 2.24) is 15.0 Å². The zero-order chi connectivity index (χ0) is 13.2. The Kier molecular flexibility index (Phi) is 3.48. The van der Waals surface area contributed by atoms with Gasteiger partial charge in [-0.2, -0.15) is 0 Å². The van der Waals surface area contributed by atoms with Crippen molar-refractivity contribution in [3.8, 4) is 16.9 Å². The lowest BCUT2D eigenvalue weighted by Crippen LogP contribution is -1.95. The molecule has 2 aromatic carbocycles. The second-order valence-corrected chi connectivity index (χ2v) is 5.78. The fraction of sp³-hybridized carbons (Fsp3) is 0. The molecule has 0 spiro atoms. The van der Waals surface area contributed by atoms with E-state index in [1.165, 1.54) is 0 Å². The highest BCUT2D eigenvalue weighted by Gasteiger charge is 2.07. The van der Waals surface area contributed by atoms with E-state index < -0.39 is 0 Å². The van der Waals surface area contributed by atoms with Crippen LogP contribution in [0.5, 0.6) is 0 Å². The molecule has 0 aliphatic heterocycles. The minimum absolute atomic E-state index is 0.844. The van der Waals surface area contributed by atoms with Crippen molar-refractivity contribution in [2.45, 2.75) is 0 Å². The van der Waals surface area contributed by atoms with E-state index in [0.717, 1.165) is 25.9 Å². The Morgan fingerprint density at radius 1 is 0.947 bits per heavy atom. The summed E-state index contributed by atoms with van der Waals surface area (Å²) in [6.45, 7) is 0. The first-order valence-corrected chi connectivity index (χ1v) is 7.26. The molecule has 0 N–H and O–H groups in total. The number of nitrogens with zero attached hydrogens (tertiary/aromatic N) is 3. The van der Waals surface area contributed by atoms with Crippen LogP contribution in [-0.4, -0.2) is 15.0 Å². The topological polar surface area (TPSA) is 30.7 Å². The predicted molar refractivity (Wildman–Crippen MR) is 82.2 cm³/mol. The Bertz CT molecular complexity index is 722. The van der Waals surface area contributed by atoms with E-state index >= 15 is 0 Å². The highest BCUT2D eigenvalue weighted by atomic mass is 79.9. The van der Waals surface area contributed by atoms with Crippen LogP contribution in [-0.2, 0) is 0 Å². The van der Waals surface area contributed by atoms with Crippen LogP contribution in [0, 0.1) is 0 Å². The maximum Gasteiger partial charge on any atom is 0.113 e. The fourth-order valence-electron chi connectivity index (χ4n) is 1.80. The SMILES string of the molecule is Brc1cccc(-c2cn(-c3ccccc3Br)nn2)c1. The maximum absolute atomic E-state index is 4.22. The first-order chi connectivity index (χ1) is 9.24. The smallest absolute Gasteiger partial charge is 0.113 e. The minimum Gasteiger partial charge on any atom is -0.219 e. The lowest BCUT2D eigenvalue weighted by atomic mass is 10.2. The zero-order valence-electron chi connectivity index (χ0n) is 9.79. The maximum atomic E-state index is 4.22. The third-order valence-corrected chi connectivity index (χ3v) is 3.88. The summed E-state index contributed by atoms with van der Waals surface area (Å²) >= 11 is 6.97. The van der Waals surface area contributed by atoms with Gasteiger partial charge in [0.2, 0.25) is 0 Å². The molecule has 0 saturated heterocycles. The number of rotatable bonds is 2. The molecular formula is C14H9Br2N3. The lowest BCUT2D eigenvalue weighted by Gasteiger charge is -2.01. The van der Waals surface area contributed by atoms with Crippen LogP contribution in [0.25, 0.3) is 16.9 Å². The number of benzene rings is 2. The van der Waals surface area contributed by atoms with Gasteiger partial charge in [-0.1, -0.05) is 45.4 Å². The molecule has 0 saturated carbocycles. The van der Waals surface area contributed by atoms with Crippen LogP contribution in [0.4, 0.5) is 0 Å². The molecule has 3 nitrogen and oxygen atoms in total. The van der Waals surface area contributed by atoms with E-state index in [-0.39, 0.29) is 0 Å². The van der Waals surface area contributed by atoms with Gasteiger partial charge in [0, 0.05) is 14.5 Å². The largest absolute Gasteiger partial charge is 0.219 e. The Morgan fingerprint density at radius 2 is 1.79 bits per heavy atom. The summed E-state index contributed by atoms with van der Waals surface area (Å²) in [7, 11) is 0. The van der Waals surface area contributed by atoms with Crippen molar-refractivity contribution < 1.29 is 0 Å². The van der Waals surface area contributed by atoms with Gasteiger partial charge in [0.1, 0.15) is 5.69 Å². The van der Waals surface area contributed by atoms with Gasteiger partial charge in [0.25, 0.3) is 0 Å². The fourth-order valence-corrected chi connectivity index (χ4v) is 2.66. The number of hydrogen-bond donors (Lipinski definition) is 0. The third-order valence-electron chi connectivity index (χ3n) is 2.71. The van der Waals surface area contributed by atoms with E-state index in [1.807, 2.05) is 54.7 Å². The Hall–Kier alpha value is -1.46. The quantitative estimate of drug-likeness (QED) is 0.659. The molecule has 1 aromatic heterocycles. The molecule has 1 heterocycles. The highest BCUT2D eigenvalue weighted by molar-refractivity contribution is 9.10. The average Bonchev–Trinajstić information content (AvgIpc) is 2.89. The Labute approximate surface area is 127 Å². The number of halogens is 2. The van der Waals surface area contributed by atoms with Gasteiger partial charge in [-0.15, -0.1) is 5.10 Å². The van der Waals surface area contributed by atoms with Crippen LogP contribution >= 0.6 is 31.9 Å². The van der Waals surface area contributed by atoms with Crippen molar-refractivity contribution in [1.29, 1.82) is 0 Å². The number of para-hydroxylation sites is 1. The van der Waals surface area contributed by atoms with E-state index in [9.17, 15) is 0 Å². The molecule has 3 aromatic rings. The van der Waals surface area contributed by atoms with Gasteiger partial charge in [0.05, 0.1) is 11.9 Å². The molecule has 0 aliphatic rings. The van der Waals surface area contributed by atoms with Gasteiger partial charge in [0.15, 0.2) is 0 Å². The van der Waals surface area contributed by atoms with E-state index in [4.69, 9.17) is 0 Å². The predicted octanol–water partition coefficient (Wildman–Crippen LogP) is 4.46. The number of aromatic nitrogens is 3. The molecule has 0 fully saturated rings. The Morgan fingerprint density at radius 3 is 2.58 bits per heavy atom. The lowest BCUT2D eigenvalue weighted by molar-refractivity contribution is 0.801. The van der Waals surface area contributed by atoms with Gasteiger partial charge in [-0.25, -0.2) is 4.68 Å². The molecule has 0 amide bonds. The monoisotopic (exact) mass is 377 g/mol. The Balaban J connectivity index is 2.03. The molecule has 3 rings (SSSR count). The summed E-state index contributed by atoms with van der Waals surface area (Å²) in [5.41, 5.74) is 2.85. The third kappa shape index (κ3) is 2.62. The van der Waals surface area contributed by atoms with Crippen LogP contribution in [0.3, 0.4) is 0 Å². The van der Waals surface area contributed by atoms with Crippen LogP contribution in [0.1, 0.15) is 0 Å². The van der Waals surface area contributed by atoms with Crippen LogP contribution < -0.4 is 0 Å². The second kappa shape index (κ2) is 5.27. The summed E-state index contributed by atoms with van der Waals surface area (Å²) in [6, 6.07) is 15.9. The van der Waals surface area contributed by atoms with E-state index in [1.54, 1.807) is 4.68 Å². The van der Waals surface area contributed by atoms with Gasteiger partial charge in [-0.3, -0.25) is 0 Å². The van der Waals surface area contributed by atoms with Crippen molar-refractivity contribution >= 4 is 31.9 Å².